The normalized spacial score (nSPS) is 12.8. The molecule has 0 unspecified atom stereocenters. The Bertz CT molecular complexity index is 1110. The zero-order valence-electron chi connectivity index (χ0n) is 16.5. The summed E-state index contributed by atoms with van der Waals surface area (Å²) in [7, 11) is 0. The molecule has 3 aromatic rings. The predicted molar refractivity (Wildman–Crippen MR) is 115 cm³/mol. The van der Waals surface area contributed by atoms with E-state index in [2.05, 4.69) is 20.7 Å². The van der Waals surface area contributed by atoms with Crippen molar-refractivity contribution in [3.63, 3.8) is 0 Å². The van der Waals surface area contributed by atoms with Gasteiger partial charge in [0.2, 0.25) is 11.9 Å². The average Bonchev–Trinajstić information content (AvgIpc) is 3.36. The molecular weight excluding hydrogens is 404 g/mol. The monoisotopic (exact) mass is 424 g/mol. The van der Waals surface area contributed by atoms with E-state index in [0.29, 0.717) is 27.9 Å². The minimum atomic E-state index is -0.00539. The first kappa shape index (κ1) is 19.8. The third kappa shape index (κ3) is 4.23. The number of hydrazone groups is 1. The third-order valence-electron chi connectivity index (χ3n) is 4.48. The molecule has 0 radical (unpaired) electrons. The Hall–Kier alpha value is -3.53. The number of benzene rings is 2. The van der Waals surface area contributed by atoms with Gasteiger partial charge in [-0.05, 0) is 32.0 Å². The second-order valence-electron chi connectivity index (χ2n) is 6.63. The Balaban J connectivity index is 1.38. The van der Waals surface area contributed by atoms with Crippen molar-refractivity contribution in [1.29, 1.82) is 0 Å². The molecule has 10 heteroatoms. The number of aryl methyl sites for hydroxylation is 1. The van der Waals surface area contributed by atoms with E-state index in [0.717, 1.165) is 11.1 Å². The van der Waals surface area contributed by atoms with Crippen molar-refractivity contribution in [1.82, 2.24) is 14.9 Å². The van der Waals surface area contributed by atoms with Crippen molar-refractivity contribution in [2.24, 2.45) is 5.10 Å². The summed E-state index contributed by atoms with van der Waals surface area (Å²) in [5, 5.41) is 12.7. The lowest BCUT2D eigenvalue weighted by Gasteiger charge is -2.05. The number of nitrogens with zero attached hydrogens (tertiary/aromatic N) is 4. The molecule has 1 aromatic heterocycles. The van der Waals surface area contributed by atoms with Gasteiger partial charge in [-0.2, -0.15) is 5.10 Å². The van der Waals surface area contributed by atoms with Crippen molar-refractivity contribution in [3.05, 3.63) is 59.2 Å². The van der Waals surface area contributed by atoms with Crippen LogP contribution < -0.4 is 20.7 Å². The molecule has 1 aliphatic rings. The van der Waals surface area contributed by atoms with E-state index in [9.17, 15) is 4.79 Å². The molecule has 0 amide bonds. The Morgan fingerprint density at radius 3 is 2.70 bits per heavy atom. The summed E-state index contributed by atoms with van der Waals surface area (Å²) >= 11 is 1.22. The van der Waals surface area contributed by atoms with Crippen molar-refractivity contribution < 1.29 is 14.3 Å². The molecule has 0 bridgehead atoms. The summed E-state index contributed by atoms with van der Waals surface area (Å²) in [4.78, 5) is 12.3. The summed E-state index contributed by atoms with van der Waals surface area (Å²) in [6, 6.07) is 13.0. The maximum atomic E-state index is 12.3. The number of nitrogen functional groups attached to an aromatic ring is 1. The van der Waals surface area contributed by atoms with Crippen LogP contribution >= 0.6 is 11.8 Å². The predicted octanol–water partition coefficient (Wildman–Crippen LogP) is 2.84. The number of thioether (sulfide) groups is 1. The van der Waals surface area contributed by atoms with Crippen molar-refractivity contribution in [2.45, 2.75) is 19.0 Å². The van der Waals surface area contributed by atoms with Gasteiger partial charge in [-0.25, -0.2) is 10.1 Å². The molecular formula is C20H20N6O3S. The number of hydrogen-bond donors (Lipinski definition) is 2. The van der Waals surface area contributed by atoms with E-state index in [4.69, 9.17) is 15.3 Å². The fourth-order valence-corrected chi connectivity index (χ4v) is 3.48. The fourth-order valence-electron chi connectivity index (χ4n) is 2.72. The van der Waals surface area contributed by atoms with Crippen LogP contribution in [0.25, 0.3) is 0 Å². The molecule has 0 aliphatic carbocycles. The number of fused-ring (bicyclic) bond motifs is 1. The number of carbonyl (C=O) groups excluding carboxylic acids is 1. The molecule has 0 saturated heterocycles. The third-order valence-corrected chi connectivity index (χ3v) is 5.43. The largest absolute Gasteiger partial charge is 0.454 e. The highest BCUT2D eigenvalue weighted by Gasteiger charge is 2.15. The molecule has 9 nitrogen and oxygen atoms in total. The smallest absolute Gasteiger partial charge is 0.264 e. The van der Waals surface area contributed by atoms with Crippen LogP contribution in [-0.4, -0.2) is 38.9 Å². The number of rotatable bonds is 7. The molecule has 2 heterocycles. The topological polar surface area (TPSA) is 117 Å². The molecule has 4 rings (SSSR count). The number of aromatic nitrogens is 3. The minimum Gasteiger partial charge on any atom is -0.454 e. The van der Waals surface area contributed by atoms with Gasteiger partial charge in [0.05, 0.1) is 11.5 Å². The molecule has 3 N–H and O–H groups in total. The van der Waals surface area contributed by atoms with Crippen LogP contribution in [0.4, 0.5) is 5.95 Å². The Morgan fingerprint density at radius 2 is 1.90 bits per heavy atom. The van der Waals surface area contributed by atoms with Crippen molar-refractivity contribution in [3.8, 4) is 11.5 Å². The summed E-state index contributed by atoms with van der Waals surface area (Å²) in [6.07, 6.45) is 0. The van der Waals surface area contributed by atoms with Gasteiger partial charge in [-0.3, -0.25) is 4.79 Å². The van der Waals surface area contributed by atoms with E-state index in [1.54, 1.807) is 0 Å². The van der Waals surface area contributed by atoms with Gasteiger partial charge in [0.1, 0.15) is 0 Å². The maximum absolute atomic E-state index is 12.3. The van der Waals surface area contributed by atoms with E-state index < -0.39 is 0 Å². The number of ether oxygens (including phenoxy) is 2. The lowest BCUT2D eigenvalue weighted by molar-refractivity contribution is 0.102. The zero-order valence-corrected chi connectivity index (χ0v) is 17.3. The molecule has 0 fully saturated rings. The second kappa shape index (κ2) is 8.46. The Morgan fingerprint density at radius 1 is 1.17 bits per heavy atom. The Labute approximate surface area is 177 Å². The highest BCUT2D eigenvalue weighted by Crippen LogP contribution is 2.32. The number of nitrogens with two attached hydrogens (primary N) is 1. The first-order valence-corrected chi connectivity index (χ1v) is 10.1. The second-order valence-corrected chi connectivity index (χ2v) is 7.57. The summed E-state index contributed by atoms with van der Waals surface area (Å²) in [5.41, 5.74) is 6.14. The van der Waals surface area contributed by atoms with Crippen LogP contribution in [0.3, 0.4) is 0 Å². The average molecular weight is 424 g/mol. The van der Waals surface area contributed by atoms with Gasteiger partial charge < -0.3 is 15.3 Å². The van der Waals surface area contributed by atoms with Crippen LogP contribution in [0, 0.1) is 6.92 Å². The number of hydrogen-bond acceptors (Lipinski definition) is 9. The number of nitrogens with one attached hydrogen (secondary N) is 1. The molecule has 2 aromatic carbocycles. The van der Waals surface area contributed by atoms with Crippen LogP contribution in [0.1, 0.15) is 28.4 Å². The van der Waals surface area contributed by atoms with E-state index in [1.165, 1.54) is 16.4 Å². The molecule has 0 saturated carbocycles. The van der Waals surface area contributed by atoms with E-state index in [1.807, 2.05) is 56.3 Å². The number of ketones is 1. The highest BCUT2D eigenvalue weighted by atomic mass is 32.2. The molecule has 30 heavy (non-hydrogen) atoms. The van der Waals surface area contributed by atoms with Crippen LogP contribution in [0.5, 0.6) is 11.5 Å². The number of anilines is 1. The van der Waals surface area contributed by atoms with Crippen molar-refractivity contribution >= 4 is 29.2 Å². The van der Waals surface area contributed by atoms with E-state index >= 15 is 0 Å². The summed E-state index contributed by atoms with van der Waals surface area (Å²) in [6.45, 7) is 4.04. The maximum Gasteiger partial charge on any atom is 0.264 e. The van der Waals surface area contributed by atoms with Crippen molar-refractivity contribution in [2.75, 3.05) is 23.8 Å². The number of carbonyl (C=O) groups is 1. The van der Waals surface area contributed by atoms with E-state index in [-0.39, 0.29) is 24.3 Å². The summed E-state index contributed by atoms with van der Waals surface area (Å²) in [5.74, 6) is 7.90. The Kier molecular flexibility index (Phi) is 5.57. The highest BCUT2D eigenvalue weighted by molar-refractivity contribution is 7.99. The standard InChI is InChI=1S/C20H20N6O3S/c1-12-3-5-14(6-4-12)16(27)10-30-20-25-24-19(26(20)21)23-22-13(2)15-7-8-17-18(9-15)29-11-28-17/h3-9H,10-11,21H2,1-2H3,(H,23,24)/b22-13+. The SMILES string of the molecule is C/C(=N\Nc1nnc(SCC(=O)c2ccc(C)cc2)n1N)c1ccc2c(c1)OCO2. The van der Waals surface area contributed by atoms with Crippen LogP contribution in [-0.2, 0) is 0 Å². The first-order chi connectivity index (χ1) is 14.5. The molecule has 1 aliphatic heterocycles. The van der Waals surface area contributed by atoms with Crippen LogP contribution in [0.15, 0.2) is 52.7 Å². The first-order valence-electron chi connectivity index (χ1n) is 9.15. The fraction of sp³-hybridized carbons (Fsp3) is 0.200. The lowest BCUT2D eigenvalue weighted by Crippen LogP contribution is -2.14. The molecule has 154 valence electrons. The van der Waals surface area contributed by atoms with Gasteiger partial charge in [-0.1, -0.05) is 41.6 Å². The quantitative estimate of drug-likeness (QED) is 0.196. The lowest BCUT2D eigenvalue weighted by atomic mass is 10.1. The van der Waals surface area contributed by atoms with Crippen LogP contribution in [0.2, 0.25) is 0 Å². The zero-order chi connectivity index (χ0) is 21.1. The van der Waals surface area contributed by atoms with Gasteiger partial charge in [0.15, 0.2) is 17.3 Å². The van der Waals surface area contributed by atoms with Gasteiger partial charge in [0.25, 0.3) is 5.95 Å². The van der Waals surface area contributed by atoms with Gasteiger partial charge in [0, 0.05) is 11.1 Å². The molecule has 0 spiro atoms. The minimum absolute atomic E-state index is 0.00539. The summed E-state index contributed by atoms with van der Waals surface area (Å²) < 4.78 is 12.0. The molecule has 0 atom stereocenters. The van der Waals surface area contributed by atoms with Gasteiger partial charge in [-0.15, -0.1) is 10.2 Å². The van der Waals surface area contributed by atoms with Gasteiger partial charge >= 0.3 is 0 Å². The number of Topliss-reactive ketones (excluding diaryl/α,β-unsaturated/α-hetero) is 1.